The van der Waals surface area contributed by atoms with Gasteiger partial charge in [-0.2, -0.15) is 5.10 Å². The molecule has 0 radical (unpaired) electrons. The smallest absolute Gasteiger partial charge is 0.325 e. The minimum atomic E-state index is -0.968. The van der Waals surface area contributed by atoms with Gasteiger partial charge in [0.2, 0.25) is 5.91 Å². The van der Waals surface area contributed by atoms with E-state index in [9.17, 15) is 9.59 Å². The first-order valence-corrected chi connectivity index (χ1v) is 6.78. The molecule has 0 bridgehead atoms. The number of allylic oxidation sites excluding steroid dienone is 1. The van der Waals surface area contributed by atoms with Crippen LogP contribution in [0.1, 0.15) is 32.6 Å². The van der Waals surface area contributed by atoms with Gasteiger partial charge in [-0.25, -0.2) is 0 Å². The number of carboxylic acid groups (broad SMARTS) is 1. The molecule has 1 amide bonds. The lowest BCUT2D eigenvalue weighted by atomic mass is 9.87. The minimum absolute atomic E-state index is 0.199. The molecule has 2 rings (SSSR count). The fourth-order valence-corrected chi connectivity index (χ4v) is 2.28. The highest BCUT2D eigenvalue weighted by Crippen LogP contribution is 2.27. The summed E-state index contributed by atoms with van der Waals surface area (Å²) in [6.07, 6.45) is 7.38. The molecule has 20 heavy (non-hydrogen) atoms. The van der Waals surface area contributed by atoms with Crippen molar-refractivity contribution in [2.45, 2.75) is 39.2 Å². The lowest BCUT2D eigenvalue weighted by Crippen LogP contribution is -2.13. The summed E-state index contributed by atoms with van der Waals surface area (Å²) in [4.78, 5) is 22.4. The number of hydrogen-bond acceptors (Lipinski definition) is 3. The van der Waals surface area contributed by atoms with E-state index in [1.165, 1.54) is 16.5 Å². The second kappa shape index (κ2) is 6.36. The number of anilines is 1. The molecule has 1 fully saturated rings. The molecule has 0 aliphatic heterocycles. The molecule has 6 heteroatoms. The maximum Gasteiger partial charge on any atom is 0.325 e. The van der Waals surface area contributed by atoms with E-state index < -0.39 is 5.97 Å². The third-order valence-electron chi connectivity index (χ3n) is 3.44. The van der Waals surface area contributed by atoms with E-state index in [0.717, 1.165) is 31.6 Å². The number of nitrogens with zero attached hydrogens (tertiary/aromatic N) is 2. The van der Waals surface area contributed by atoms with E-state index in [4.69, 9.17) is 5.11 Å². The predicted octanol–water partition coefficient (Wildman–Crippen LogP) is 2.04. The van der Waals surface area contributed by atoms with Gasteiger partial charge in [0.25, 0.3) is 0 Å². The summed E-state index contributed by atoms with van der Waals surface area (Å²) in [5, 5.41) is 15.3. The fraction of sp³-hybridized carbons (Fsp3) is 0.500. The first-order chi connectivity index (χ1) is 9.52. The fourth-order valence-electron chi connectivity index (χ4n) is 2.28. The largest absolute Gasteiger partial charge is 0.480 e. The van der Waals surface area contributed by atoms with Crippen molar-refractivity contribution >= 4 is 17.7 Å². The number of hydrogen-bond donors (Lipinski definition) is 2. The predicted molar refractivity (Wildman–Crippen MR) is 74.2 cm³/mol. The third-order valence-corrected chi connectivity index (χ3v) is 3.44. The van der Waals surface area contributed by atoms with E-state index >= 15 is 0 Å². The van der Waals surface area contributed by atoms with Gasteiger partial charge >= 0.3 is 5.97 Å². The van der Waals surface area contributed by atoms with Gasteiger partial charge in [-0.3, -0.25) is 14.3 Å². The number of carboxylic acids is 1. The van der Waals surface area contributed by atoms with Crippen molar-refractivity contribution in [1.82, 2.24) is 9.78 Å². The van der Waals surface area contributed by atoms with Crippen LogP contribution < -0.4 is 5.32 Å². The zero-order valence-corrected chi connectivity index (χ0v) is 11.5. The van der Waals surface area contributed by atoms with Crippen molar-refractivity contribution in [3.05, 3.63) is 23.9 Å². The standard InChI is InChI=1S/C14H19N3O3/c1-10-2-4-11(5-3-10)8-13(18)15-12-6-7-17(16-12)9-14(19)20/h6-8,10H,2-5,9H2,1H3,(H,19,20)(H,15,16,18). The molecule has 1 heterocycles. The molecule has 0 atom stereocenters. The molecule has 1 aliphatic carbocycles. The van der Waals surface area contributed by atoms with Crippen LogP contribution in [0.25, 0.3) is 0 Å². The Morgan fingerprint density at radius 3 is 2.85 bits per heavy atom. The topological polar surface area (TPSA) is 84.2 Å². The normalized spacial score (nSPS) is 18.6. The maximum absolute atomic E-state index is 11.8. The monoisotopic (exact) mass is 277 g/mol. The summed E-state index contributed by atoms with van der Waals surface area (Å²) in [5.74, 6) is -0.0567. The van der Waals surface area contributed by atoms with Crippen LogP contribution in [0.3, 0.4) is 0 Å². The molecular formula is C14H19N3O3. The van der Waals surface area contributed by atoms with E-state index in [1.807, 2.05) is 0 Å². The van der Waals surface area contributed by atoms with Crippen LogP contribution in [0.5, 0.6) is 0 Å². The number of carbonyl (C=O) groups excluding carboxylic acids is 1. The lowest BCUT2D eigenvalue weighted by Gasteiger charge is -2.19. The first kappa shape index (κ1) is 14.3. The van der Waals surface area contributed by atoms with Crippen molar-refractivity contribution in [2.75, 3.05) is 5.32 Å². The Kier molecular flexibility index (Phi) is 4.55. The molecule has 0 unspecified atom stereocenters. The molecule has 1 aromatic heterocycles. The molecule has 1 aliphatic rings. The molecular weight excluding hydrogens is 258 g/mol. The van der Waals surface area contributed by atoms with Crippen LogP contribution in [-0.2, 0) is 16.1 Å². The molecule has 108 valence electrons. The van der Waals surface area contributed by atoms with Gasteiger partial charge in [0.15, 0.2) is 5.82 Å². The zero-order valence-electron chi connectivity index (χ0n) is 11.5. The quantitative estimate of drug-likeness (QED) is 0.825. The summed E-state index contributed by atoms with van der Waals surface area (Å²) < 4.78 is 1.27. The number of amides is 1. The Morgan fingerprint density at radius 2 is 2.20 bits per heavy atom. The SMILES string of the molecule is CC1CCC(=CC(=O)Nc2ccn(CC(=O)O)n2)CC1. The van der Waals surface area contributed by atoms with Crippen molar-refractivity contribution in [3.63, 3.8) is 0 Å². The van der Waals surface area contributed by atoms with Gasteiger partial charge < -0.3 is 10.4 Å². The zero-order chi connectivity index (χ0) is 14.5. The minimum Gasteiger partial charge on any atom is -0.480 e. The van der Waals surface area contributed by atoms with Crippen LogP contribution in [0.2, 0.25) is 0 Å². The molecule has 1 aromatic rings. The highest BCUT2D eigenvalue weighted by atomic mass is 16.4. The number of aliphatic carboxylic acids is 1. The summed E-state index contributed by atoms with van der Waals surface area (Å²) >= 11 is 0. The van der Waals surface area contributed by atoms with Gasteiger partial charge in [0.1, 0.15) is 6.54 Å². The third kappa shape index (κ3) is 4.22. The Balaban J connectivity index is 1.89. The highest BCUT2D eigenvalue weighted by Gasteiger charge is 2.13. The van der Waals surface area contributed by atoms with E-state index in [2.05, 4.69) is 17.3 Å². The summed E-state index contributed by atoms with van der Waals surface area (Å²) in [5.41, 5.74) is 1.17. The number of rotatable bonds is 4. The summed E-state index contributed by atoms with van der Waals surface area (Å²) in [7, 11) is 0. The molecule has 6 nitrogen and oxygen atoms in total. The van der Waals surface area contributed by atoms with E-state index in [-0.39, 0.29) is 12.5 Å². The number of nitrogens with one attached hydrogen (secondary N) is 1. The Labute approximate surface area is 117 Å². The van der Waals surface area contributed by atoms with Crippen LogP contribution in [0.4, 0.5) is 5.82 Å². The van der Waals surface area contributed by atoms with Gasteiger partial charge in [-0.1, -0.05) is 12.5 Å². The van der Waals surface area contributed by atoms with Crippen LogP contribution in [0, 0.1) is 5.92 Å². The number of carbonyl (C=O) groups is 2. The lowest BCUT2D eigenvalue weighted by molar-refractivity contribution is -0.137. The summed E-state index contributed by atoms with van der Waals surface area (Å²) in [6.45, 7) is 2.01. The van der Waals surface area contributed by atoms with Crippen molar-refractivity contribution in [2.24, 2.45) is 5.92 Å². The highest BCUT2D eigenvalue weighted by molar-refractivity contribution is 5.99. The van der Waals surface area contributed by atoms with E-state index in [1.54, 1.807) is 12.1 Å². The van der Waals surface area contributed by atoms with Crippen molar-refractivity contribution in [1.29, 1.82) is 0 Å². The molecule has 0 spiro atoms. The average molecular weight is 277 g/mol. The molecule has 2 N–H and O–H groups in total. The van der Waals surface area contributed by atoms with Crippen molar-refractivity contribution < 1.29 is 14.7 Å². The van der Waals surface area contributed by atoms with Crippen LogP contribution in [0.15, 0.2) is 23.9 Å². The van der Waals surface area contributed by atoms with Gasteiger partial charge in [-0.05, 0) is 31.6 Å². The van der Waals surface area contributed by atoms with Crippen molar-refractivity contribution in [3.8, 4) is 0 Å². The van der Waals surface area contributed by atoms with Crippen LogP contribution in [-0.4, -0.2) is 26.8 Å². The van der Waals surface area contributed by atoms with Gasteiger partial charge in [0.05, 0.1) is 0 Å². The Hall–Kier alpha value is -2.11. The Bertz CT molecular complexity index is 524. The molecule has 1 saturated carbocycles. The number of aromatic nitrogens is 2. The average Bonchev–Trinajstić information content (AvgIpc) is 2.78. The van der Waals surface area contributed by atoms with E-state index in [0.29, 0.717) is 5.82 Å². The summed E-state index contributed by atoms with van der Waals surface area (Å²) in [6, 6.07) is 1.59. The van der Waals surface area contributed by atoms with Gasteiger partial charge in [-0.15, -0.1) is 0 Å². The molecule has 0 aromatic carbocycles. The second-order valence-electron chi connectivity index (χ2n) is 5.27. The van der Waals surface area contributed by atoms with Gasteiger partial charge in [0, 0.05) is 18.3 Å². The Morgan fingerprint density at radius 1 is 1.50 bits per heavy atom. The second-order valence-corrected chi connectivity index (χ2v) is 5.27. The molecule has 0 saturated heterocycles. The maximum atomic E-state index is 11.8. The first-order valence-electron chi connectivity index (χ1n) is 6.78. The van der Waals surface area contributed by atoms with Crippen LogP contribution >= 0.6 is 0 Å².